The first-order chi connectivity index (χ1) is 13.0. The highest BCUT2D eigenvalue weighted by Crippen LogP contribution is 2.31. The van der Waals surface area contributed by atoms with Crippen LogP contribution >= 0.6 is 0 Å². The van der Waals surface area contributed by atoms with Gasteiger partial charge in [-0.1, -0.05) is 18.2 Å². The first-order valence-corrected chi connectivity index (χ1v) is 8.61. The number of benzene rings is 2. The molecule has 1 aliphatic heterocycles. The third-order valence-corrected chi connectivity index (χ3v) is 4.43. The molecule has 140 valence electrons. The molecule has 1 fully saturated rings. The Hall–Kier alpha value is -3.42. The number of amides is 2. The molecular weight excluding hydrogens is 348 g/mol. The summed E-state index contributed by atoms with van der Waals surface area (Å²) in [6, 6.07) is 13.5. The standard InChI is InChI=1S/C19H20N4O4/c1-14(24)20-17-13-16(23(26)27)7-8-18(17)21-9-11-22(12-10-21)19(25)15-5-3-2-4-6-15/h2-8,13H,9-12H2,1H3,(H,20,24). The molecule has 0 unspecified atom stereocenters. The quantitative estimate of drug-likeness (QED) is 0.661. The van der Waals surface area contributed by atoms with Gasteiger partial charge in [-0.25, -0.2) is 0 Å². The van der Waals surface area contributed by atoms with Crippen LogP contribution in [0.4, 0.5) is 17.1 Å². The number of hydrogen-bond acceptors (Lipinski definition) is 5. The molecule has 27 heavy (non-hydrogen) atoms. The van der Waals surface area contributed by atoms with E-state index in [0.29, 0.717) is 43.1 Å². The zero-order valence-corrected chi connectivity index (χ0v) is 14.9. The third kappa shape index (κ3) is 4.22. The van der Waals surface area contributed by atoms with Gasteiger partial charge in [-0.15, -0.1) is 0 Å². The predicted molar refractivity (Wildman–Crippen MR) is 102 cm³/mol. The van der Waals surface area contributed by atoms with Crippen molar-refractivity contribution >= 4 is 28.9 Å². The summed E-state index contributed by atoms with van der Waals surface area (Å²) in [5, 5.41) is 13.7. The number of nitro groups is 1. The Bertz CT molecular complexity index is 861. The van der Waals surface area contributed by atoms with Gasteiger partial charge in [-0.3, -0.25) is 19.7 Å². The van der Waals surface area contributed by atoms with Crippen molar-refractivity contribution in [1.29, 1.82) is 0 Å². The van der Waals surface area contributed by atoms with Gasteiger partial charge in [0.2, 0.25) is 5.91 Å². The Morgan fingerprint density at radius 3 is 2.30 bits per heavy atom. The number of rotatable bonds is 4. The van der Waals surface area contributed by atoms with E-state index in [1.807, 2.05) is 23.1 Å². The zero-order valence-electron chi connectivity index (χ0n) is 14.9. The fourth-order valence-corrected chi connectivity index (χ4v) is 3.12. The largest absolute Gasteiger partial charge is 0.366 e. The van der Waals surface area contributed by atoms with Gasteiger partial charge in [0, 0.05) is 50.8 Å². The van der Waals surface area contributed by atoms with E-state index in [2.05, 4.69) is 5.32 Å². The summed E-state index contributed by atoms with van der Waals surface area (Å²) >= 11 is 0. The number of nitro benzene ring substituents is 1. The first kappa shape index (κ1) is 18.4. The van der Waals surface area contributed by atoms with E-state index in [1.54, 1.807) is 23.1 Å². The van der Waals surface area contributed by atoms with Crippen LogP contribution in [0.3, 0.4) is 0 Å². The Morgan fingerprint density at radius 2 is 1.70 bits per heavy atom. The predicted octanol–water partition coefficient (Wildman–Crippen LogP) is 2.52. The van der Waals surface area contributed by atoms with E-state index < -0.39 is 4.92 Å². The van der Waals surface area contributed by atoms with E-state index >= 15 is 0 Å². The van der Waals surface area contributed by atoms with Crippen molar-refractivity contribution in [3.8, 4) is 0 Å². The number of nitrogens with zero attached hydrogens (tertiary/aromatic N) is 3. The van der Waals surface area contributed by atoms with Crippen molar-refractivity contribution in [1.82, 2.24) is 4.90 Å². The van der Waals surface area contributed by atoms with E-state index in [0.717, 1.165) is 0 Å². The molecule has 1 heterocycles. The molecular formula is C19H20N4O4. The highest BCUT2D eigenvalue weighted by atomic mass is 16.6. The first-order valence-electron chi connectivity index (χ1n) is 8.61. The minimum absolute atomic E-state index is 0.0129. The fraction of sp³-hybridized carbons (Fsp3) is 0.263. The molecule has 8 nitrogen and oxygen atoms in total. The van der Waals surface area contributed by atoms with Crippen molar-refractivity contribution in [2.45, 2.75) is 6.92 Å². The summed E-state index contributed by atoms with van der Waals surface area (Å²) in [7, 11) is 0. The number of anilines is 2. The monoisotopic (exact) mass is 368 g/mol. The summed E-state index contributed by atoms with van der Waals surface area (Å²) in [4.78, 5) is 38.4. The van der Waals surface area contributed by atoms with Gasteiger partial charge in [-0.2, -0.15) is 0 Å². The second-order valence-corrected chi connectivity index (χ2v) is 6.29. The highest BCUT2D eigenvalue weighted by Gasteiger charge is 2.24. The molecule has 2 aromatic carbocycles. The number of carbonyl (C=O) groups is 2. The molecule has 0 aromatic heterocycles. The van der Waals surface area contributed by atoms with Gasteiger partial charge >= 0.3 is 0 Å². The van der Waals surface area contributed by atoms with Crippen LogP contribution in [-0.2, 0) is 4.79 Å². The number of non-ortho nitro benzene ring substituents is 1. The Kier molecular flexibility index (Phi) is 5.35. The van der Waals surface area contributed by atoms with Crippen LogP contribution in [0.2, 0.25) is 0 Å². The van der Waals surface area contributed by atoms with Crippen molar-refractivity contribution in [3.05, 3.63) is 64.2 Å². The normalized spacial score (nSPS) is 14.0. The molecule has 0 saturated carbocycles. The van der Waals surface area contributed by atoms with Gasteiger partial charge in [0.05, 0.1) is 16.3 Å². The lowest BCUT2D eigenvalue weighted by Crippen LogP contribution is -2.49. The van der Waals surface area contributed by atoms with Crippen LogP contribution in [0.1, 0.15) is 17.3 Å². The van der Waals surface area contributed by atoms with Gasteiger partial charge in [-0.05, 0) is 18.2 Å². The summed E-state index contributed by atoms with van der Waals surface area (Å²) in [6.07, 6.45) is 0. The zero-order chi connectivity index (χ0) is 19.4. The second kappa shape index (κ2) is 7.86. The lowest BCUT2D eigenvalue weighted by molar-refractivity contribution is -0.384. The van der Waals surface area contributed by atoms with Crippen LogP contribution in [0.5, 0.6) is 0 Å². The fourth-order valence-electron chi connectivity index (χ4n) is 3.12. The molecule has 0 radical (unpaired) electrons. The SMILES string of the molecule is CC(=O)Nc1cc([N+](=O)[O-])ccc1N1CCN(C(=O)c2ccccc2)CC1. The smallest absolute Gasteiger partial charge is 0.271 e. The Labute approximate surface area is 156 Å². The summed E-state index contributed by atoms with van der Waals surface area (Å²) in [5.74, 6) is -0.310. The van der Waals surface area contributed by atoms with Crippen molar-refractivity contribution in [2.75, 3.05) is 36.4 Å². The molecule has 0 bridgehead atoms. The average molecular weight is 368 g/mol. The van der Waals surface area contributed by atoms with E-state index in [4.69, 9.17) is 0 Å². The van der Waals surface area contributed by atoms with E-state index in [-0.39, 0.29) is 17.5 Å². The van der Waals surface area contributed by atoms with Crippen LogP contribution in [0.15, 0.2) is 48.5 Å². The van der Waals surface area contributed by atoms with Crippen molar-refractivity contribution in [2.24, 2.45) is 0 Å². The van der Waals surface area contributed by atoms with Gasteiger partial charge in [0.25, 0.3) is 11.6 Å². The van der Waals surface area contributed by atoms with Crippen LogP contribution < -0.4 is 10.2 Å². The average Bonchev–Trinajstić information content (AvgIpc) is 2.68. The van der Waals surface area contributed by atoms with Crippen molar-refractivity contribution < 1.29 is 14.5 Å². The summed E-state index contributed by atoms with van der Waals surface area (Å²) < 4.78 is 0. The number of nitrogens with one attached hydrogen (secondary N) is 1. The maximum atomic E-state index is 12.6. The molecule has 3 rings (SSSR count). The summed E-state index contributed by atoms with van der Waals surface area (Å²) in [5.41, 5.74) is 1.68. The van der Waals surface area contributed by atoms with Crippen molar-refractivity contribution in [3.63, 3.8) is 0 Å². The molecule has 1 aliphatic rings. The number of hydrogen-bond donors (Lipinski definition) is 1. The molecule has 1 N–H and O–H groups in total. The van der Waals surface area contributed by atoms with Gasteiger partial charge < -0.3 is 15.1 Å². The van der Waals surface area contributed by atoms with E-state index in [1.165, 1.54) is 19.1 Å². The molecule has 2 amide bonds. The Morgan fingerprint density at radius 1 is 1.04 bits per heavy atom. The molecule has 1 saturated heterocycles. The Balaban J connectivity index is 1.74. The maximum Gasteiger partial charge on any atom is 0.271 e. The van der Waals surface area contributed by atoms with Crippen LogP contribution in [0, 0.1) is 10.1 Å². The lowest BCUT2D eigenvalue weighted by Gasteiger charge is -2.37. The molecule has 0 aliphatic carbocycles. The topological polar surface area (TPSA) is 95.8 Å². The molecule has 8 heteroatoms. The number of carbonyl (C=O) groups excluding carboxylic acids is 2. The molecule has 0 spiro atoms. The second-order valence-electron chi connectivity index (χ2n) is 6.29. The minimum atomic E-state index is -0.494. The molecule has 2 aromatic rings. The van der Waals surface area contributed by atoms with Gasteiger partial charge in [0.15, 0.2) is 0 Å². The minimum Gasteiger partial charge on any atom is -0.366 e. The summed E-state index contributed by atoms with van der Waals surface area (Å²) in [6.45, 7) is 3.57. The lowest BCUT2D eigenvalue weighted by atomic mass is 10.1. The highest BCUT2D eigenvalue weighted by molar-refractivity contribution is 5.95. The van der Waals surface area contributed by atoms with E-state index in [9.17, 15) is 19.7 Å². The third-order valence-electron chi connectivity index (χ3n) is 4.43. The number of piperazine rings is 1. The van der Waals surface area contributed by atoms with Gasteiger partial charge in [0.1, 0.15) is 0 Å². The molecule has 0 atom stereocenters. The maximum absolute atomic E-state index is 12.6. The van der Waals surface area contributed by atoms with Crippen LogP contribution in [0.25, 0.3) is 0 Å². The van der Waals surface area contributed by atoms with Crippen LogP contribution in [-0.4, -0.2) is 47.8 Å².